The van der Waals surface area contributed by atoms with Crippen LogP contribution in [-0.4, -0.2) is 43.5 Å². The summed E-state index contributed by atoms with van der Waals surface area (Å²) >= 11 is 5.77. The molecule has 0 aliphatic rings. The van der Waals surface area contributed by atoms with E-state index in [1.807, 2.05) is 13.0 Å². The monoisotopic (exact) mass is 377 g/mol. The molecule has 0 atom stereocenters. The molecular weight excluding hydrogens is 354 g/mol. The van der Waals surface area contributed by atoms with Gasteiger partial charge in [0.05, 0.1) is 6.26 Å². The summed E-state index contributed by atoms with van der Waals surface area (Å²) in [5.41, 5.74) is 1.94. The van der Waals surface area contributed by atoms with Gasteiger partial charge in [-0.1, -0.05) is 17.7 Å². The van der Waals surface area contributed by atoms with Gasteiger partial charge in [0.15, 0.2) is 11.7 Å². The van der Waals surface area contributed by atoms with Crippen molar-refractivity contribution in [2.45, 2.75) is 19.8 Å². The number of aromatic nitrogens is 1. The summed E-state index contributed by atoms with van der Waals surface area (Å²) in [4.78, 5) is 20.1. The van der Waals surface area contributed by atoms with Gasteiger partial charge in [-0.05, 0) is 37.5 Å². The van der Waals surface area contributed by atoms with Crippen molar-refractivity contribution >= 4 is 23.5 Å². The van der Waals surface area contributed by atoms with Crippen molar-refractivity contribution < 1.29 is 9.21 Å². The average Bonchev–Trinajstić information content (AvgIpc) is 3.07. The topological polar surface area (TPSA) is 91.5 Å². The van der Waals surface area contributed by atoms with Crippen LogP contribution in [0.3, 0.4) is 0 Å². The van der Waals surface area contributed by atoms with Crippen LogP contribution in [0.15, 0.2) is 40.1 Å². The second kappa shape index (κ2) is 10.5. The number of hydrogen-bond donors (Lipinski definition) is 3. The van der Waals surface area contributed by atoms with Gasteiger partial charge in [0.25, 0.3) is 5.91 Å². The molecule has 0 saturated carbocycles. The van der Waals surface area contributed by atoms with E-state index >= 15 is 0 Å². The van der Waals surface area contributed by atoms with Gasteiger partial charge < -0.3 is 20.4 Å². The van der Waals surface area contributed by atoms with Crippen LogP contribution in [0.4, 0.5) is 0 Å². The summed E-state index contributed by atoms with van der Waals surface area (Å²) in [7, 11) is 1.72. The summed E-state index contributed by atoms with van der Waals surface area (Å²) in [6.45, 7) is 3.83. The van der Waals surface area contributed by atoms with Gasteiger partial charge >= 0.3 is 0 Å². The molecule has 3 N–H and O–H groups in total. The van der Waals surface area contributed by atoms with Crippen LogP contribution in [-0.2, 0) is 6.42 Å². The number of amides is 1. The Balaban J connectivity index is 1.59. The zero-order valence-electron chi connectivity index (χ0n) is 15.0. The van der Waals surface area contributed by atoms with Crippen LogP contribution < -0.4 is 16.0 Å². The van der Waals surface area contributed by atoms with Crippen molar-refractivity contribution in [3.05, 3.63) is 52.7 Å². The van der Waals surface area contributed by atoms with E-state index < -0.39 is 0 Å². The average molecular weight is 378 g/mol. The van der Waals surface area contributed by atoms with Gasteiger partial charge in [0.1, 0.15) is 5.15 Å². The minimum atomic E-state index is -0.188. The van der Waals surface area contributed by atoms with Gasteiger partial charge in [-0.2, -0.15) is 0 Å². The number of pyridine rings is 1. The lowest BCUT2D eigenvalue weighted by Crippen LogP contribution is -2.39. The SMILES string of the molecule is CN=C(NCCCNC(=O)c1occc1C)NCCc1ccc(Cl)nc1. The largest absolute Gasteiger partial charge is 0.459 e. The van der Waals surface area contributed by atoms with Crippen LogP contribution in [0, 0.1) is 6.92 Å². The molecule has 7 nitrogen and oxygen atoms in total. The van der Waals surface area contributed by atoms with E-state index in [1.54, 1.807) is 25.4 Å². The Kier molecular flexibility index (Phi) is 7.95. The molecule has 2 rings (SSSR count). The predicted molar refractivity (Wildman–Crippen MR) is 103 cm³/mol. The highest BCUT2D eigenvalue weighted by atomic mass is 35.5. The Morgan fingerprint density at radius 2 is 1.96 bits per heavy atom. The van der Waals surface area contributed by atoms with Gasteiger partial charge in [-0.3, -0.25) is 9.79 Å². The lowest BCUT2D eigenvalue weighted by molar-refractivity contribution is 0.0925. The minimum Gasteiger partial charge on any atom is -0.459 e. The first-order chi connectivity index (χ1) is 12.6. The van der Waals surface area contributed by atoms with E-state index in [2.05, 4.69) is 25.9 Å². The number of rotatable bonds is 8. The summed E-state index contributed by atoms with van der Waals surface area (Å²) in [5, 5.41) is 9.78. The number of carbonyl (C=O) groups is 1. The normalized spacial score (nSPS) is 11.3. The quantitative estimate of drug-likeness (QED) is 0.284. The summed E-state index contributed by atoms with van der Waals surface area (Å²) in [6.07, 6.45) is 4.88. The molecule has 8 heteroatoms. The molecule has 0 saturated heterocycles. The standard InChI is InChI=1S/C18H24ClN5O2/c1-13-7-11-26-16(13)17(25)21-8-3-9-22-18(20-2)23-10-6-14-4-5-15(19)24-12-14/h4-5,7,11-12H,3,6,8-10H2,1-2H3,(H,21,25)(H2,20,22,23). The molecule has 1 amide bonds. The van der Waals surface area contributed by atoms with E-state index in [4.69, 9.17) is 16.0 Å². The molecule has 2 aromatic rings. The number of nitrogens with zero attached hydrogens (tertiary/aromatic N) is 2. The van der Waals surface area contributed by atoms with Crippen molar-refractivity contribution in [3.63, 3.8) is 0 Å². The molecule has 0 unspecified atom stereocenters. The number of nitrogens with one attached hydrogen (secondary N) is 3. The highest BCUT2D eigenvalue weighted by molar-refractivity contribution is 6.29. The van der Waals surface area contributed by atoms with Crippen LogP contribution in [0.2, 0.25) is 5.15 Å². The Bertz CT molecular complexity index is 727. The van der Waals surface area contributed by atoms with E-state index in [1.165, 1.54) is 6.26 Å². The van der Waals surface area contributed by atoms with Crippen molar-refractivity contribution in [2.24, 2.45) is 4.99 Å². The molecule has 2 heterocycles. The highest BCUT2D eigenvalue weighted by Gasteiger charge is 2.11. The van der Waals surface area contributed by atoms with E-state index in [0.717, 1.165) is 36.5 Å². The van der Waals surface area contributed by atoms with E-state index in [9.17, 15) is 4.79 Å². The lowest BCUT2D eigenvalue weighted by Gasteiger charge is -2.12. The number of aliphatic imine (C=N–C) groups is 1. The maximum atomic E-state index is 11.9. The zero-order chi connectivity index (χ0) is 18.8. The molecule has 0 spiro atoms. The lowest BCUT2D eigenvalue weighted by atomic mass is 10.2. The number of carbonyl (C=O) groups excluding carboxylic acids is 1. The van der Waals surface area contributed by atoms with Crippen molar-refractivity contribution in [1.82, 2.24) is 20.9 Å². The first-order valence-corrected chi connectivity index (χ1v) is 8.85. The third-order valence-electron chi connectivity index (χ3n) is 3.72. The van der Waals surface area contributed by atoms with Crippen LogP contribution >= 0.6 is 11.6 Å². The maximum absolute atomic E-state index is 11.9. The Morgan fingerprint density at radius 3 is 2.62 bits per heavy atom. The molecule has 140 valence electrons. The van der Waals surface area contributed by atoms with Crippen molar-refractivity contribution in [2.75, 3.05) is 26.7 Å². The van der Waals surface area contributed by atoms with Gasteiger partial charge in [0.2, 0.25) is 0 Å². The highest BCUT2D eigenvalue weighted by Crippen LogP contribution is 2.08. The first kappa shape index (κ1) is 19.8. The molecule has 26 heavy (non-hydrogen) atoms. The fourth-order valence-electron chi connectivity index (χ4n) is 2.28. The number of hydrogen-bond acceptors (Lipinski definition) is 4. The fourth-order valence-corrected chi connectivity index (χ4v) is 2.39. The third-order valence-corrected chi connectivity index (χ3v) is 3.94. The molecule has 0 radical (unpaired) electrons. The maximum Gasteiger partial charge on any atom is 0.287 e. The zero-order valence-corrected chi connectivity index (χ0v) is 15.8. The fraction of sp³-hybridized carbons (Fsp3) is 0.389. The van der Waals surface area contributed by atoms with Crippen LogP contribution in [0.5, 0.6) is 0 Å². The minimum absolute atomic E-state index is 0.188. The van der Waals surface area contributed by atoms with Crippen molar-refractivity contribution in [1.29, 1.82) is 0 Å². The van der Waals surface area contributed by atoms with Crippen molar-refractivity contribution in [3.8, 4) is 0 Å². The van der Waals surface area contributed by atoms with Crippen LogP contribution in [0.1, 0.15) is 28.1 Å². The second-order valence-corrected chi connectivity index (χ2v) is 6.09. The molecular formula is C18H24ClN5O2. The molecule has 0 aliphatic carbocycles. The number of guanidine groups is 1. The number of aryl methyl sites for hydroxylation is 1. The third kappa shape index (κ3) is 6.40. The molecule has 0 bridgehead atoms. The predicted octanol–water partition coefficient (Wildman–Crippen LogP) is 2.16. The molecule has 0 aliphatic heterocycles. The number of halogens is 1. The summed E-state index contributed by atoms with van der Waals surface area (Å²) in [5.74, 6) is 0.902. The Hall–Kier alpha value is -2.54. The molecule has 0 aromatic carbocycles. The van der Waals surface area contributed by atoms with Crippen LogP contribution in [0.25, 0.3) is 0 Å². The second-order valence-electron chi connectivity index (χ2n) is 5.71. The van der Waals surface area contributed by atoms with Gasteiger partial charge in [-0.15, -0.1) is 0 Å². The summed E-state index contributed by atoms with van der Waals surface area (Å²) < 4.78 is 5.16. The van der Waals surface area contributed by atoms with Gasteiger partial charge in [0, 0.05) is 38.4 Å². The Labute approximate surface area is 158 Å². The van der Waals surface area contributed by atoms with Gasteiger partial charge in [-0.25, -0.2) is 4.98 Å². The Morgan fingerprint density at radius 1 is 1.19 bits per heavy atom. The smallest absolute Gasteiger partial charge is 0.287 e. The van der Waals surface area contributed by atoms with E-state index in [0.29, 0.717) is 24.0 Å². The molecule has 2 aromatic heterocycles. The molecule has 0 fully saturated rings. The van der Waals surface area contributed by atoms with E-state index in [-0.39, 0.29) is 5.91 Å². The number of furan rings is 1. The summed E-state index contributed by atoms with van der Waals surface area (Å²) in [6, 6.07) is 5.51. The first-order valence-electron chi connectivity index (χ1n) is 8.47.